The molecule has 0 radical (unpaired) electrons. The summed E-state index contributed by atoms with van der Waals surface area (Å²) in [7, 11) is 0. The van der Waals surface area contributed by atoms with Gasteiger partial charge < -0.3 is 10.0 Å². The van der Waals surface area contributed by atoms with Crippen molar-refractivity contribution < 1.29 is 19.5 Å². The van der Waals surface area contributed by atoms with Crippen LogP contribution in [-0.4, -0.2) is 51.6 Å². The molecule has 9 heteroatoms. The number of aromatic hydroxyl groups is 1. The van der Waals surface area contributed by atoms with Crippen molar-refractivity contribution in [1.29, 1.82) is 0 Å². The molecule has 2 fully saturated rings. The average Bonchev–Trinajstić information content (AvgIpc) is 3.17. The average molecular weight is 490 g/mol. The van der Waals surface area contributed by atoms with Crippen LogP contribution >= 0.6 is 43.6 Å². The smallest absolute Gasteiger partial charge is 0.294 e. The number of hydrogen-bond acceptors (Lipinski definition) is 5. The largest absolute Gasteiger partial charge is 0.506 e. The number of carbonyl (C=O) groups is 3. The first-order chi connectivity index (χ1) is 11.9. The van der Waals surface area contributed by atoms with E-state index in [2.05, 4.69) is 31.9 Å². The van der Waals surface area contributed by atoms with Gasteiger partial charge in [-0.05, 0) is 80.2 Å². The number of phenols is 1. The van der Waals surface area contributed by atoms with Crippen LogP contribution in [0.4, 0.5) is 4.79 Å². The summed E-state index contributed by atoms with van der Waals surface area (Å²) in [6.45, 7) is 1.14. The van der Waals surface area contributed by atoms with Crippen LogP contribution in [0.2, 0.25) is 0 Å². The van der Waals surface area contributed by atoms with Gasteiger partial charge in [0, 0.05) is 13.1 Å². The quantitative estimate of drug-likeness (QED) is 0.656. The SMILES string of the molecule is O=C(CN1C(=O)S/C(=C\c2cc(Br)c(O)c(Br)c2)C1=O)N1CCCC1. The van der Waals surface area contributed by atoms with E-state index in [-0.39, 0.29) is 23.1 Å². The lowest BCUT2D eigenvalue weighted by atomic mass is 10.2. The Hall–Kier alpha value is -1.32. The Morgan fingerprint density at radius 1 is 1.20 bits per heavy atom. The van der Waals surface area contributed by atoms with Crippen LogP contribution in [0.25, 0.3) is 6.08 Å². The lowest BCUT2D eigenvalue weighted by Crippen LogP contribution is -2.40. The lowest BCUT2D eigenvalue weighted by Gasteiger charge is -2.18. The highest BCUT2D eigenvalue weighted by molar-refractivity contribution is 9.11. The number of rotatable bonds is 3. The summed E-state index contributed by atoms with van der Waals surface area (Å²) in [4.78, 5) is 39.7. The molecule has 25 heavy (non-hydrogen) atoms. The van der Waals surface area contributed by atoms with E-state index in [4.69, 9.17) is 0 Å². The maximum Gasteiger partial charge on any atom is 0.294 e. The van der Waals surface area contributed by atoms with Gasteiger partial charge in [-0.15, -0.1) is 0 Å². The van der Waals surface area contributed by atoms with E-state index in [1.165, 1.54) is 0 Å². The van der Waals surface area contributed by atoms with E-state index in [0.717, 1.165) is 29.5 Å². The van der Waals surface area contributed by atoms with Crippen LogP contribution in [0.3, 0.4) is 0 Å². The van der Waals surface area contributed by atoms with Crippen molar-refractivity contribution in [2.75, 3.05) is 19.6 Å². The van der Waals surface area contributed by atoms with Crippen molar-refractivity contribution in [2.45, 2.75) is 12.8 Å². The highest BCUT2D eigenvalue weighted by Crippen LogP contribution is 2.36. The molecule has 0 atom stereocenters. The molecule has 1 aromatic rings. The summed E-state index contributed by atoms with van der Waals surface area (Å²) in [6, 6.07) is 3.28. The minimum absolute atomic E-state index is 0.0569. The normalized spacial score (nSPS) is 19.4. The number of carbonyl (C=O) groups excluding carboxylic acids is 3. The van der Waals surface area contributed by atoms with Gasteiger partial charge in [-0.2, -0.15) is 0 Å². The van der Waals surface area contributed by atoms with Gasteiger partial charge in [0.1, 0.15) is 12.3 Å². The van der Waals surface area contributed by atoms with Crippen molar-refractivity contribution in [3.8, 4) is 5.75 Å². The molecule has 6 nitrogen and oxygen atoms in total. The number of amides is 3. The van der Waals surface area contributed by atoms with Crippen LogP contribution in [0.15, 0.2) is 26.0 Å². The number of hydrogen-bond donors (Lipinski definition) is 1. The summed E-state index contributed by atoms with van der Waals surface area (Å²) < 4.78 is 0.938. The molecule has 3 amide bonds. The number of benzene rings is 1. The fraction of sp³-hybridized carbons (Fsp3) is 0.312. The standard InChI is InChI=1S/C16H14Br2N2O4S/c17-10-5-9(6-11(18)14(10)22)7-12-15(23)20(16(24)25-12)8-13(21)19-3-1-2-4-19/h5-7,22H,1-4,8H2/b12-7-. The molecule has 0 bridgehead atoms. The molecule has 0 aliphatic carbocycles. The summed E-state index contributed by atoms with van der Waals surface area (Å²) >= 11 is 7.27. The van der Waals surface area contributed by atoms with Crippen LogP contribution in [0, 0.1) is 0 Å². The molecule has 2 saturated heterocycles. The van der Waals surface area contributed by atoms with E-state index in [1.54, 1.807) is 23.1 Å². The lowest BCUT2D eigenvalue weighted by molar-refractivity contribution is -0.135. The molecule has 1 aromatic carbocycles. The highest BCUT2D eigenvalue weighted by atomic mass is 79.9. The fourth-order valence-electron chi connectivity index (χ4n) is 2.66. The number of nitrogens with zero attached hydrogens (tertiary/aromatic N) is 2. The Morgan fingerprint density at radius 2 is 1.80 bits per heavy atom. The first-order valence-electron chi connectivity index (χ1n) is 7.58. The monoisotopic (exact) mass is 488 g/mol. The summed E-state index contributed by atoms with van der Waals surface area (Å²) in [5.41, 5.74) is 0.646. The second-order valence-electron chi connectivity index (χ2n) is 5.69. The van der Waals surface area contributed by atoms with Crippen molar-refractivity contribution in [1.82, 2.24) is 9.80 Å². The number of imide groups is 1. The van der Waals surface area contributed by atoms with Gasteiger partial charge in [0.2, 0.25) is 5.91 Å². The molecule has 0 unspecified atom stereocenters. The highest BCUT2D eigenvalue weighted by Gasteiger charge is 2.37. The van der Waals surface area contributed by atoms with Gasteiger partial charge in [-0.1, -0.05) is 0 Å². The van der Waals surface area contributed by atoms with E-state index in [1.807, 2.05) is 0 Å². The molecule has 1 N–H and O–H groups in total. The van der Waals surface area contributed by atoms with Crippen molar-refractivity contribution >= 4 is 66.8 Å². The molecule has 2 aliphatic heterocycles. The molecule has 0 aromatic heterocycles. The Kier molecular flexibility index (Phi) is 5.55. The van der Waals surface area contributed by atoms with Crippen LogP contribution < -0.4 is 0 Å². The summed E-state index contributed by atoms with van der Waals surface area (Å²) in [6.07, 6.45) is 3.48. The predicted molar refractivity (Wildman–Crippen MR) is 102 cm³/mol. The predicted octanol–water partition coefficient (Wildman–Crippen LogP) is 3.58. The Labute approximate surface area is 165 Å². The van der Waals surface area contributed by atoms with Gasteiger partial charge in [0.15, 0.2) is 0 Å². The molecular formula is C16H14Br2N2O4S. The second-order valence-corrected chi connectivity index (χ2v) is 8.39. The van der Waals surface area contributed by atoms with Gasteiger partial charge >= 0.3 is 0 Å². The summed E-state index contributed by atoms with van der Waals surface area (Å²) in [5.74, 6) is -0.611. The van der Waals surface area contributed by atoms with Gasteiger partial charge in [-0.3, -0.25) is 19.3 Å². The third kappa shape index (κ3) is 3.93. The number of thioether (sulfide) groups is 1. The van der Waals surface area contributed by atoms with Crippen LogP contribution in [-0.2, 0) is 9.59 Å². The van der Waals surface area contributed by atoms with Crippen molar-refractivity contribution in [2.24, 2.45) is 0 Å². The van der Waals surface area contributed by atoms with Crippen molar-refractivity contribution in [3.05, 3.63) is 31.5 Å². The van der Waals surface area contributed by atoms with E-state index >= 15 is 0 Å². The zero-order valence-corrected chi connectivity index (χ0v) is 17.0. The minimum Gasteiger partial charge on any atom is -0.506 e. The Balaban J connectivity index is 1.77. The third-order valence-electron chi connectivity index (χ3n) is 3.96. The molecule has 132 valence electrons. The Bertz CT molecular complexity index is 767. The van der Waals surface area contributed by atoms with Crippen LogP contribution in [0.5, 0.6) is 5.75 Å². The zero-order chi connectivity index (χ0) is 18.1. The molecule has 0 saturated carbocycles. The molecule has 2 aliphatic rings. The second kappa shape index (κ2) is 7.51. The topological polar surface area (TPSA) is 77.9 Å². The maximum absolute atomic E-state index is 12.5. The number of halogens is 2. The Morgan fingerprint density at radius 3 is 2.40 bits per heavy atom. The first kappa shape index (κ1) is 18.5. The van der Waals surface area contributed by atoms with Crippen LogP contribution in [0.1, 0.15) is 18.4 Å². The van der Waals surface area contributed by atoms with Gasteiger partial charge in [0.25, 0.3) is 11.1 Å². The minimum atomic E-state index is -0.470. The number of phenolic OH excluding ortho intramolecular Hbond substituents is 1. The van der Waals surface area contributed by atoms with Gasteiger partial charge in [-0.25, -0.2) is 0 Å². The number of likely N-dealkylation sites (tertiary alicyclic amines) is 1. The van der Waals surface area contributed by atoms with E-state index < -0.39 is 11.1 Å². The molecule has 3 rings (SSSR count). The molecular weight excluding hydrogens is 476 g/mol. The van der Waals surface area contributed by atoms with E-state index in [0.29, 0.717) is 27.6 Å². The van der Waals surface area contributed by atoms with Gasteiger partial charge in [0.05, 0.1) is 13.9 Å². The third-order valence-corrected chi connectivity index (χ3v) is 6.08. The van der Waals surface area contributed by atoms with E-state index in [9.17, 15) is 19.5 Å². The van der Waals surface area contributed by atoms with Crippen molar-refractivity contribution in [3.63, 3.8) is 0 Å². The fourth-order valence-corrected chi connectivity index (χ4v) is 4.72. The summed E-state index contributed by atoms with van der Waals surface area (Å²) in [5, 5.41) is 9.30. The molecule has 0 spiro atoms. The maximum atomic E-state index is 12.5. The first-order valence-corrected chi connectivity index (χ1v) is 9.98. The molecule has 2 heterocycles. The zero-order valence-electron chi connectivity index (χ0n) is 13.0.